The fourth-order valence-electron chi connectivity index (χ4n) is 2.50. The minimum Gasteiger partial charge on any atom is -0.465 e. The molecule has 2 rings (SSSR count). The molecule has 1 N–H and O–H groups in total. The Kier molecular flexibility index (Phi) is 4.18. The molecule has 110 valence electrons. The van der Waals surface area contributed by atoms with Crippen LogP contribution < -0.4 is 10.2 Å². The smallest absolute Gasteiger partial charge is 0.130 e. The minimum atomic E-state index is 0.179. The van der Waals surface area contributed by atoms with Gasteiger partial charge in [-0.15, -0.1) is 0 Å². The summed E-state index contributed by atoms with van der Waals surface area (Å²) in [6, 6.07) is 4.20. The van der Waals surface area contributed by atoms with Crippen LogP contribution in [0.2, 0.25) is 0 Å². The van der Waals surface area contributed by atoms with E-state index >= 15 is 0 Å². The molecule has 2 heterocycles. The van der Waals surface area contributed by atoms with E-state index in [0.29, 0.717) is 0 Å². The standard InChI is InChI=1S/C15H24N4O/c1-10-7-8-14(20-10)12(3)16-9-13-11(2)17-19(6)15(13)18(4)5/h7-8,12,16H,9H2,1-6H3/t12-/m1/s1. The second kappa shape index (κ2) is 5.71. The maximum absolute atomic E-state index is 5.65. The number of aromatic nitrogens is 2. The molecule has 0 fully saturated rings. The highest BCUT2D eigenvalue weighted by atomic mass is 16.3. The van der Waals surface area contributed by atoms with Crippen LogP contribution in [0.5, 0.6) is 0 Å². The Morgan fingerprint density at radius 2 is 2.05 bits per heavy atom. The van der Waals surface area contributed by atoms with Crippen LogP contribution in [0.3, 0.4) is 0 Å². The number of nitrogens with one attached hydrogen (secondary N) is 1. The van der Waals surface area contributed by atoms with Gasteiger partial charge in [0.15, 0.2) is 0 Å². The molecule has 5 nitrogen and oxygen atoms in total. The average molecular weight is 276 g/mol. The minimum absolute atomic E-state index is 0.179. The van der Waals surface area contributed by atoms with E-state index in [1.807, 2.05) is 51.8 Å². The molecular weight excluding hydrogens is 252 g/mol. The Morgan fingerprint density at radius 1 is 1.35 bits per heavy atom. The lowest BCUT2D eigenvalue weighted by molar-refractivity contribution is 0.415. The monoisotopic (exact) mass is 276 g/mol. The Morgan fingerprint density at radius 3 is 2.60 bits per heavy atom. The first-order valence-corrected chi connectivity index (χ1v) is 6.89. The van der Waals surface area contributed by atoms with Crippen LogP contribution in [-0.2, 0) is 13.6 Å². The van der Waals surface area contributed by atoms with Gasteiger partial charge in [-0.2, -0.15) is 5.10 Å². The lowest BCUT2D eigenvalue weighted by Gasteiger charge is -2.17. The van der Waals surface area contributed by atoms with Gasteiger partial charge in [-0.3, -0.25) is 4.68 Å². The van der Waals surface area contributed by atoms with E-state index in [9.17, 15) is 0 Å². The highest BCUT2D eigenvalue weighted by molar-refractivity contribution is 5.48. The summed E-state index contributed by atoms with van der Waals surface area (Å²) in [6.45, 7) is 6.89. The topological polar surface area (TPSA) is 46.2 Å². The highest BCUT2D eigenvalue weighted by Crippen LogP contribution is 2.23. The van der Waals surface area contributed by atoms with Crippen LogP contribution in [0, 0.1) is 13.8 Å². The van der Waals surface area contributed by atoms with Gasteiger partial charge in [-0.1, -0.05) is 0 Å². The third-order valence-electron chi connectivity index (χ3n) is 3.51. The van der Waals surface area contributed by atoms with Gasteiger partial charge in [-0.05, 0) is 32.9 Å². The van der Waals surface area contributed by atoms with Crippen LogP contribution >= 0.6 is 0 Å². The lowest BCUT2D eigenvalue weighted by atomic mass is 10.2. The van der Waals surface area contributed by atoms with E-state index < -0.39 is 0 Å². The Labute approximate surface area is 120 Å². The predicted molar refractivity (Wildman–Crippen MR) is 81.0 cm³/mol. The molecule has 2 aromatic rings. The molecule has 0 aromatic carbocycles. The van der Waals surface area contributed by atoms with Crippen LogP contribution in [0.4, 0.5) is 5.82 Å². The van der Waals surface area contributed by atoms with E-state index in [-0.39, 0.29) is 6.04 Å². The third-order valence-corrected chi connectivity index (χ3v) is 3.51. The van der Waals surface area contributed by atoms with E-state index in [1.54, 1.807) is 0 Å². The van der Waals surface area contributed by atoms with Crippen molar-refractivity contribution in [2.24, 2.45) is 7.05 Å². The molecule has 0 saturated heterocycles. The largest absolute Gasteiger partial charge is 0.465 e. The number of nitrogens with zero attached hydrogens (tertiary/aromatic N) is 3. The molecule has 0 saturated carbocycles. The van der Waals surface area contributed by atoms with Gasteiger partial charge < -0.3 is 14.6 Å². The van der Waals surface area contributed by atoms with Gasteiger partial charge in [0.1, 0.15) is 17.3 Å². The van der Waals surface area contributed by atoms with Crippen molar-refractivity contribution in [3.63, 3.8) is 0 Å². The van der Waals surface area contributed by atoms with Gasteiger partial charge in [0.2, 0.25) is 0 Å². The van der Waals surface area contributed by atoms with Crippen molar-refractivity contribution in [2.75, 3.05) is 19.0 Å². The molecule has 0 spiro atoms. The third kappa shape index (κ3) is 2.88. The molecule has 20 heavy (non-hydrogen) atoms. The Bertz CT molecular complexity index is 583. The maximum atomic E-state index is 5.65. The molecule has 5 heteroatoms. The van der Waals surface area contributed by atoms with Gasteiger partial charge in [0.05, 0.1) is 11.7 Å². The van der Waals surface area contributed by atoms with Crippen molar-refractivity contribution in [3.8, 4) is 0 Å². The number of anilines is 1. The van der Waals surface area contributed by atoms with Crippen molar-refractivity contribution in [1.29, 1.82) is 0 Å². The first-order chi connectivity index (χ1) is 9.40. The van der Waals surface area contributed by atoms with Gasteiger partial charge in [0.25, 0.3) is 0 Å². The molecule has 0 unspecified atom stereocenters. The summed E-state index contributed by atoms with van der Waals surface area (Å²) in [4.78, 5) is 2.10. The second-order valence-corrected chi connectivity index (χ2v) is 5.46. The number of furan rings is 1. The molecule has 0 radical (unpaired) electrons. The summed E-state index contributed by atoms with van der Waals surface area (Å²) in [6.07, 6.45) is 0. The van der Waals surface area contributed by atoms with Crippen molar-refractivity contribution in [2.45, 2.75) is 33.4 Å². The molecule has 0 amide bonds. The zero-order chi connectivity index (χ0) is 14.9. The molecule has 0 aliphatic carbocycles. The average Bonchev–Trinajstić information content (AvgIpc) is 2.90. The fraction of sp³-hybridized carbons (Fsp3) is 0.533. The first-order valence-electron chi connectivity index (χ1n) is 6.89. The SMILES string of the molecule is Cc1ccc([C@@H](C)NCc2c(C)nn(C)c2N(C)C)o1. The maximum Gasteiger partial charge on any atom is 0.130 e. The molecule has 2 aromatic heterocycles. The van der Waals surface area contributed by atoms with Crippen molar-refractivity contribution in [3.05, 3.63) is 34.9 Å². The Balaban J connectivity index is 2.11. The molecule has 0 aliphatic rings. The van der Waals surface area contributed by atoms with Crippen molar-refractivity contribution < 1.29 is 4.42 Å². The number of hydrogen-bond donors (Lipinski definition) is 1. The van der Waals surface area contributed by atoms with Crippen LogP contribution in [0.25, 0.3) is 0 Å². The zero-order valence-corrected chi connectivity index (χ0v) is 13.2. The van der Waals surface area contributed by atoms with Gasteiger partial charge >= 0.3 is 0 Å². The summed E-state index contributed by atoms with van der Waals surface area (Å²) >= 11 is 0. The highest BCUT2D eigenvalue weighted by Gasteiger charge is 2.16. The van der Waals surface area contributed by atoms with E-state index in [4.69, 9.17) is 4.42 Å². The van der Waals surface area contributed by atoms with Gasteiger partial charge in [0, 0.05) is 33.3 Å². The van der Waals surface area contributed by atoms with E-state index in [1.165, 1.54) is 5.56 Å². The molecule has 0 aliphatic heterocycles. The molecule has 1 atom stereocenters. The number of rotatable bonds is 5. The summed E-state index contributed by atoms with van der Waals surface area (Å²) < 4.78 is 7.58. The normalized spacial score (nSPS) is 12.7. The summed E-state index contributed by atoms with van der Waals surface area (Å²) in [7, 11) is 6.06. The summed E-state index contributed by atoms with van der Waals surface area (Å²) in [5, 5.41) is 8.00. The van der Waals surface area contributed by atoms with E-state index in [2.05, 4.69) is 22.2 Å². The van der Waals surface area contributed by atoms with Crippen LogP contribution in [-0.4, -0.2) is 23.9 Å². The van der Waals surface area contributed by atoms with Gasteiger partial charge in [-0.25, -0.2) is 0 Å². The zero-order valence-electron chi connectivity index (χ0n) is 13.2. The predicted octanol–water partition coefficient (Wildman–Crippen LogP) is 2.55. The summed E-state index contributed by atoms with van der Waals surface area (Å²) in [5.74, 6) is 3.05. The van der Waals surface area contributed by atoms with E-state index in [0.717, 1.165) is 29.6 Å². The molecular formula is C15H24N4O. The summed E-state index contributed by atoms with van der Waals surface area (Å²) in [5.41, 5.74) is 2.29. The number of hydrogen-bond acceptors (Lipinski definition) is 4. The number of aryl methyl sites for hydroxylation is 3. The van der Waals surface area contributed by atoms with Crippen molar-refractivity contribution >= 4 is 5.82 Å². The Hall–Kier alpha value is -1.75. The fourth-order valence-corrected chi connectivity index (χ4v) is 2.50. The van der Waals surface area contributed by atoms with Crippen molar-refractivity contribution in [1.82, 2.24) is 15.1 Å². The second-order valence-electron chi connectivity index (χ2n) is 5.46. The quantitative estimate of drug-likeness (QED) is 0.911. The van der Waals surface area contributed by atoms with Crippen LogP contribution in [0.1, 0.15) is 35.7 Å². The first kappa shape index (κ1) is 14.7. The molecule has 0 bridgehead atoms. The van der Waals surface area contributed by atoms with Crippen LogP contribution in [0.15, 0.2) is 16.5 Å². The lowest BCUT2D eigenvalue weighted by Crippen LogP contribution is -2.21.